The Labute approximate surface area is 96.2 Å². The molecule has 0 amide bonds. The Morgan fingerprint density at radius 2 is 2.12 bits per heavy atom. The molecule has 0 aliphatic carbocycles. The molecule has 1 unspecified atom stereocenters. The minimum absolute atomic E-state index is 0.308. The predicted octanol–water partition coefficient (Wildman–Crippen LogP) is -1.33. The highest BCUT2D eigenvalue weighted by Crippen LogP contribution is 2.22. The molecule has 0 saturated carbocycles. The number of carbonyl (C=O) groups is 1. The second kappa shape index (κ2) is 5.80. The molecule has 17 heavy (non-hydrogen) atoms. The highest BCUT2D eigenvalue weighted by molar-refractivity contribution is 5.65. The largest absolute Gasteiger partial charge is 0.463 e. The van der Waals surface area contributed by atoms with Crippen molar-refractivity contribution in [2.45, 2.75) is 37.6 Å². The van der Waals surface area contributed by atoms with Crippen molar-refractivity contribution in [3.05, 3.63) is 10.4 Å². The van der Waals surface area contributed by atoms with Crippen molar-refractivity contribution in [2.75, 3.05) is 6.61 Å². The number of carbonyl (C=O) groups excluding carboxylic acids is 1. The second-order valence-electron chi connectivity index (χ2n) is 3.54. The van der Waals surface area contributed by atoms with Crippen LogP contribution in [0.3, 0.4) is 0 Å². The summed E-state index contributed by atoms with van der Waals surface area (Å²) < 4.78 is 9.44. The van der Waals surface area contributed by atoms with Gasteiger partial charge in [0.25, 0.3) is 0 Å². The van der Waals surface area contributed by atoms with E-state index in [9.17, 15) is 20.1 Å². The number of rotatable bonds is 3. The van der Waals surface area contributed by atoms with Crippen LogP contribution in [0.5, 0.6) is 0 Å². The Morgan fingerprint density at radius 1 is 1.47 bits per heavy atom. The quantitative estimate of drug-likeness (QED) is 0.244. The molecule has 0 aromatic rings. The van der Waals surface area contributed by atoms with Gasteiger partial charge in [-0.05, 0) is 5.53 Å². The van der Waals surface area contributed by atoms with Crippen molar-refractivity contribution in [1.82, 2.24) is 0 Å². The molecular formula is C8H13N3O6. The molecule has 0 bridgehead atoms. The lowest BCUT2D eigenvalue weighted by atomic mass is 9.97. The van der Waals surface area contributed by atoms with Crippen molar-refractivity contribution >= 4 is 5.97 Å². The minimum Gasteiger partial charge on any atom is -0.463 e. The average molecular weight is 247 g/mol. The monoisotopic (exact) mass is 247 g/mol. The fraction of sp³-hybridized carbons (Fsp3) is 0.875. The zero-order valence-corrected chi connectivity index (χ0v) is 9.00. The van der Waals surface area contributed by atoms with Gasteiger partial charge in [-0.25, -0.2) is 0 Å². The second-order valence-corrected chi connectivity index (χ2v) is 3.54. The molecule has 1 aliphatic rings. The summed E-state index contributed by atoms with van der Waals surface area (Å²) in [5, 5.41) is 31.6. The SMILES string of the molecule is CC(=O)OC[C@H]1OC(O)[C@H](O)[C@@H](N=[N+]=[N-])[C@H]1O. The number of ether oxygens (including phenoxy) is 2. The van der Waals surface area contributed by atoms with E-state index in [1.54, 1.807) is 0 Å². The molecule has 0 aromatic heterocycles. The number of nitrogens with zero attached hydrogens (tertiary/aromatic N) is 3. The predicted molar refractivity (Wildman–Crippen MR) is 52.5 cm³/mol. The van der Waals surface area contributed by atoms with E-state index < -0.39 is 36.6 Å². The topological polar surface area (TPSA) is 145 Å². The molecule has 96 valence electrons. The summed E-state index contributed by atoms with van der Waals surface area (Å²) in [5.41, 5.74) is 8.27. The normalized spacial score (nSPS) is 37.1. The molecule has 1 fully saturated rings. The fourth-order valence-corrected chi connectivity index (χ4v) is 1.46. The number of esters is 1. The van der Waals surface area contributed by atoms with Crippen molar-refractivity contribution in [3.8, 4) is 0 Å². The van der Waals surface area contributed by atoms with E-state index in [2.05, 4.69) is 14.8 Å². The van der Waals surface area contributed by atoms with Gasteiger partial charge in [0, 0.05) is 11.8 Å². The first kappa shape index (κ1) is 13.7. The standard InChI is InChI=1S/C8H13N3O6/c1-3(12)16-2-4-6(13)5(10-11-9)7(14)8(15)17-4/h4-8,13-15H,2H2,1H3/t4-,5+,6+,7-,8?/m1/s1. The lowest BCUT2D eigenvalue weighted by Gasteiger charge is -2.38. The number of hydrogen-bond donors (Lipinski definition) is 3. The smallest absolute Gasteiger partial charge is 0.302 e. The third-order valence-electron chi connectivity index (χ3n) is 2.32. The summed E-state index contributed by atoms with van der Waals surface area (Å²) in [6, 6.07) is -1.26. The minimum atomic E-state index is -1.62. The van der Waals surface area contributed by atoms with E-state index in [1.807, 2.05) is 0 Å². The Bertz CT molecular complexity index is 331. The number of azide groups is 1. The summed E-state index contributed by atoms with van der Waals surface area (Å²) in [5.74, 6) is -0.582. The van der Waals surface area contributed by atoms with Crippen LogP contribution in [0, 0.1) is 0 Å². The summed E-state index contributed by atoms with van der Waals surface area (Å²) in [6.45, 7) is 0.864. The van der Waals surface area contributed by atoms with Crippen molar-refractivity contribution in [1.29, 1.82) is 0 Å². The fourth-order valence-electron chi connectivity index (χ4n) is 1.46. The first-order chi connectivity index (χ1) is 7.97. The van der Waals surface area contributed by atoms with Crippen LogP contribution >= 0.6 is 0 Å². The van der Waals surface area contributed by atoms with Crippen molar-refractivity contribution in [3.63, 3.8) is 0 Å². The molecule has 9 nitrogen and oxygen atoms in total. The molecule has 1 rings (SSSR count). The molecule has 9 heteroatoms. The van der Waals surface area contributed by atoms with Crippen LogP contribution in [0.15, 0.2) is 5.11 Å². The summed E-state index contributed by atoms with van der Waals surface area (Å²) in [6.07, 6.45) is -5.58. The zero-order valence-electron chi connectivity index (χ0n) is 9.00. The van der Waals surface area contributed by atoms with Gasteiger partial charge in [0.05, 0.1) is 12.1 Å². The van der Waals surface area contributed by atoms with Gasteiger partial charge >= 0.3 is 5.97 Å². The van der Waals surface area contributed by atoms with E-state index in [-0.39, 0.29) is 6.61 Å². The summed E-state index contributed by atoms with van der Waals surface area (Å²) in [7, 11) is 0. The van der Waals surface area contributed by atoms with Gasteiger partial charge in [-0.2, -0.15) is 0 Å². The number of aliphatic hydroxyl groups is 3. The van der Waals surface area contributed by atoms with E-state index >= 15 is 0 Å². The van der Waals surface area contributed by atoms with Crippen LogP contribution in [0.1, 0.15) is 6.92 Å². The Balaban J connectivity index is 2.73. The van der Waals surface area contributed by atoms with Crippen LogP contribution in [0.2, 0.25) is 0 Å². The molecule has 1 heterocycles. The van der Waals surface area contributed by atoms with Crippen LogP contribution in [0.4, 0.5) is 0 Å². The van der Waals surface area contributed by atoms with Crippen molar-refractivity contribution in [2.24, 2.45) is 5.11 Å². The molecular weight excluding hydrogens is 234 g/mol. The van der Waals surface area contributed by atoms with Crippen LogP contribution in [-0.2, 0) is 14.3 Å². The Hall–Kier alpha value is -1.38. The molecule has 1 saturated heterocycles. The number of aliphatic hydroxyl groups excluding tert-OH is 3. The maximum atomic E-state index is 10.6. The first-order valence-corrected chi connectivity index (χ1v) is 4.84. The number of hydrogen-bond acceptors (Lipinski definition) is 7. The average Bonchev–Trinajstić information content (AvgIpc) is 2.27. The van der Waals surface area contributed by atoms with Gasteiger partial charge in [0.2, 0.25) is 0 Å². The molecule has 3 N–H and O–H groups in total. The Morgan fingerprint density at radius 3 is 2.65 bits per heavy atom. The van der Waals surface area contributed by atoms with Gasteiger partial charge in [-0.15, -0.1) is 0 Å². The zero-order chi connectivity index (χ0) is 13.0. The molecule has 1 aliphatic heterocycles. The molecule has 0 spiro atoms. The van der Waals surface area contributed by atoms with E-state index in [1.165, 1.54) is 6.92 Å². The highest BCUT2D eigenvalue weighted by atomic mass is 16.6. The highest BCUT2D eigenvalue weighted by Gasteiger charge is 2.43. The molecule has 0 radical (unpaired) electrons. The Kier molecular flexibility index (Phi) is 4.67. The third kappa shape index (κ3) is 3.29. The lowest BCUT2D eigenvalue weighted by molar-refractivity contribution is -0.259. The van der Waals surface area contributed by atoms with E-state index in [4.69, 9.17) is 10.3 Å². The van der Waals surface area contributed by atoms with Gasteiger partial charge in [0.15, 0.2) is 6.29 Å². The first-order valence-electron chi connectivity index (χ1n) is 4.84. The van der Waals surface area contributed by atoms with E-state index in [0.717, 1.165) is 0 Å². The van der Waals surface area contributed by atoms with Crippen molar-refractivity contribution < 1.29 is 29.6 Å². The van der Waals surface area contributed by atoms with Crippen LogP contribution in [0.25, 0.3) is 10.4 Å². The summed E-state index contributed by atoms with van der Waals surface area (Å²) >= 11 is 0. The van der Waals surface area contributed by atoms with Gasteiger partial charge < -0.3 is 24.8 Å². The van der Waals surface area contributed by atoms with Crippen LogP contribution < -0.4 is 0 Å². The van der Waals surface area contributed by atoms with Gasteiger partial charge in [0.1, 0.15) is 18.8 Å². The summed E-state index contributed by atoms with van der Waals surface area (Å²) in [4.78, 5) is 13.0. The van der Waals surface area contributed by atoms with Gasteiger partial charge in [-0.1, -0.05) is 5.11 Å². The van der Waals surface area contributed by atoms with E-state index in [0.29, 0.717) is 0 Å². The molecule has 0 aromatic carbocycles. The van der Waals surface area contributed by atoms with Gasteiger partial charge in [-0.3, -0.25) is 4.79 Å². The van der Waals surface area contributed by atoms with Crippen LogP contribution in [-0.4, -0.2) is 58.5 Å². The maximum Gasteiger partial charge on any atom is 0.302 e. The molecule has 5 atom stereocenters. The lowest BCUT2D eigenvalue weighted by Crippen LogP contribution is -2.57. The third-order valence-corrected chi connectivity index (χ3v) is 2.32. The maximum absolute atomic E-state index is 10.6.